The number of carboxylic acids is 1. The van der Waals surface area contributed by atoms with Gasteiger partial charge in [-0.25, -0.2) is 4.98 Å². The second kappa shape index (κ2) is 10.5. The lowest BCUT2D eigenvalue weighted by Gasteiger charge is -2.16. The highest BCUT2D eigenvalue weighted by Gasteiger charge is 2.35. The number of rotatable bonds is 10. The smallest absolute Gasteiger partial charge is 0.319 e. The Kier molecular flexibility index (Phi) is 7.44. The molecule has 1 unspecified atom stereocenters. The van der Waals surface area contributed by atoms with Gasteiger partial charge in [-0.3, -0.25) is 23.9 Å². The monoisotopic (exact) mass is 558 g/mol. The highest BCUT2D eigenvalue weighted by molar-refractivity contribution is 8.03. The maximum atomic E-state index is 13.6. The van der Waals surface area contributed by atoms with Crippen LogP contribution in [-0.2, 0) is 25.2 Å². The van der Waals surface area contributed by atoms with Crippen molar-refractivity contribution >= 4 is 62.3 Å². The molecule has 2 atom stereocenters. The average molecular weight is 559 g/mol. The number of Topliss-reactive ketones (excluding diaryl/α,β-unsaturated/α-hetero) is 1. The Hall–Kier alpha value is -2.30. The number of carboxylic acid groups (broad SMARTS) is 1. The molecule has 5 rings (SSSR count). The molecule has 1 aromatic heterocycles. The van der Waals surface area contributed by atoms with Gasteiger partial charge in [-0.1, -0.05) is 35.2 Å². The molecule has 196 valence electrons. The minimum Gasteiger partial charge on any atom is -0.480 e. The van der Waals surface area contributed by atoms with Gasteiger partial charge in [0.2, 0.25) is 0 Å². The zero-order valence-corrected chi connectivity index (χ0v) is 23.3. The van der Waals surface area contributed by atoms with Gasteiger partial charge in [0.05, 0.1) is 21.2 Å². The fourth-order valence-corrected chi connectivity index (χ4v) is 8.27. The number of allylic oxidation sites excluding steroid dienone is 1. The lowest BCUT2D eigenvalue weighted by molar-refractivity contribution is -0.138. The number of hydrogen-bond acceptors (Lipinski definition) is 7. The largest absolute Gasteiger partial charge is 0.480 e. The molecule has 3 fully saturated rings. The summed E-state index contributed by atoms with van der Waals surface area (Å²) >= 11 is 2.41. The van der Waals surface area contributed by atoms with Crippen LogP contribution in [0.3, 0.4) is 0 Å². The molecule has 3 aliphatic carbocycles. The van der Waals surface area contributed by atoms with E-state index in [2.05, 4.69) is 10.3 Å². The first-order valence-electron chi connectivity index (χ1n) is 12.6. The second-order valence-electron chi connectivity index (χ2n) is 10.5. The zero-order chi connectivity index (χ0) is 26.3. The summed E-state index contributed by atoms with van der Waals surface area (Å²) in [5, 5.41) is 12.9. The van der Waals surface area contributed by atoms with Crippen molar-refractivity contribution in [1.82, 2.24) is 4.98 Å². The van der Waals surface area contributed by atoms with E-state index in [9.17, 15) is 23.7 Å². The Bertz CT molecular complexity index is 1310. The number of hydrogen-bond donors (Lipinski definition) is 2. The van der Waals surface area contributed by atoms with Gasteiger partial charge in [-0.05, 0) is 81.0 Å². The van der Waals surface area contributed by atoms with Crippen LogP contribution in [0.1, 0.15) is 75.8 Å². The van der Waals surface area contributed by atoms with E-state index in [1.807, 2.05) is 24.3 Å². The number of carbonyl (C=O) groups excluding carboxylic acids is 2. The molecule has 10 heteroatoms. The zero-order valence-electron chi connectivity index (χ0n) is 20.8. The summed E-state index contributed by atoms with van der Waals surface area (Å²) in [5.41, 5.74) is 2.32. The van der Waals surface area contributed by atoms with Gasteiger partial charge in [-0.15, -0.1) is 0 Å². The minimum atomic E-state index is -1.02. The Morgan fingerprint density at radius 3 is 2.59 bits per heavy atom. The molecule has 37 heavy (non-hydrogen) atoms. The molecule has 1 aromatic carbocycles. The number of aromatic nitrogens is 1. The third kappa shape index (κ3) is 6.23. The Morgan fingerprint density at radius 1 is 1.22 bits per heavy atom. The molecule has 1 amide bonds. The van der Waals surface area contributed by atoms with Crippen LogP contribution in [0.2, 0.25) is 0 Å². The molecule has 0 aliphatic heterocycles. The topological polar surface area (TPSA) is 113 Å². The fourth-order valence-electron chi connectivity index (χ4n) is 4.42. The van der Waals surface area contributed by atoms with E-state index < -0.39 is 21.5 Å². The van der Waals surface area contributed by atoms with Gasteiger partial charge in [-0.2, -0.15) is 0 Å². The number of thiazole rings is 1. The Labute approximate surface area is 227 Å². The van der Waals surface area contributed by atoms with E-state index in [1.54, 1.807) is 20.0 Å². The van der Waals surface area contributed by atoms with E-state index >= 15 is 0 Å². The molecular formula is C27H30N2O5S3. The SMILES string of the molecule is CC(C)(Sc1cnc(NC(=O)/C(=C/[C@H]2CCC(=O)C2)c2ccc(S(=O)C3CC3)c(C3CC3)c2)s1)C(=O)O. The van der Waals surface area contributed by atoms with Gasteiger partial charge in [0.1, 0.15) is 10.5 Å². The van der Waals surface area contributed by atoms with Gasteiger partial charge in [0.15, 0.2) is 5.13 Å². The number of nitrogens with one attached hydrogen (secondary N) is 1. The third-order valence-corrected chi connectivity index (χ3v) is 11.0. The minimum absolute atomic E-state index is 0.00308. The standard InChI is InChI=1S/C27H30N2O5S3/c1-27(2,25(32)33)36-23-14-28-26(35-23)29-24(31)21(12-15-3-7-18(30)11-15)17-6-10-22(37(34)19-8-9-19)20(13-17)16-4-5-16/h6,10,12-16,19H,3-5,7-9,11H2,1-2H3,(H,32,33)(H,28,29,31)/b21-12+/t15-,37?/m0/s1. The lowest BCUT2D eigenvalue weighted by atomic mass is 9.96. The highest BCUT2D eigenvalue weighted by Crippen LogP contribution is 2.45. The molecule has 0 bridgehead atoms. The average Bonchev–Trinajstić information content (AvgIpc) is 3.78. The van der Waals surface area contributed by atoms with E-state index in [-0.39, 0.29) is 22.9 Å². The molecule has 3 aliphatic rings. The van der Waals surface area contributed by atoms with Crippen LogP contribution < -0.4 is 5.32 Å². The van der Waals surface area contributed by atoms with Crippen molar-refractivity contribution in [2.75, 3.05) is 5.32 Å². The van der Waals surface area contributed by atoms with Gasteiger partial charge in [0.25, 0.3) is 5.91 Å². The normalized spacial score (nSPS) is 21.2. The lowest BCUT2D eigenvalue weighted by Crippen LogP contribution is -2.26. The van der Waals surface area contributed by atoms with Gasteiger partial charge >= 0.3 is 5.97 Å². The molecule has 2 aromatic rings. The number of carbonyl (C=O) groups is 3. The van der Waals surface area contributed by atoms with Crippen LogP contribution in [0.25, 0.3) is 5.57 Å². The van der Waals surface area contributed by atoms with Crippen LogP contribution in [-0.4, -0.2) is 42.0 Å². The molecule has 0 spiro atoms. The van der Waals surface area contributed by atoms with Crippen LogP contribution in [0.5, 0.6) is 0 Å². The maximum Gasteiger partial charge on any atom is 0.319 e. The molecule has 0 saturated heterocycles. The van der Waals surface area contributed by atoms with Gasteiger partial charge < -0.3 is 5.11 Å². The Balaban J connectivity index is 1.42. The summed E-state index contributed by atoms with van der Waals surface area (Å²) in [6, 6.07) is 5.82. The summed E-state index contributed by atoms with van der Waals surface area (Å²) < 4.78 is 12.7. The van der Waals surface area contributed by atoms with Crippen LogP contribution in [0.15, 0.2) is 39.6 Å². The van der Waals surface area contributed by atoms with Crippen molar-refractivity contribution in [3.8, 4) is 0 Å². The molecule has 7 nitrogen and oxygen atoms in total. The molecule has 0 radical (unpaired) electrons. The van der Waals surface area contributed by atoms with E-state index in [1.165, 1.54) is 23.1 Å². The summed E-state index contributed by atoms with van der Waals surface area (Å²) in [5.74, 6) is -0.661. The number of thioether (sulfide) groups is 1. The van der Waals surface area contributed by atoms with Crippen molar-refractivity contribution < 1.29 is 23.7 Å². The Morgan fingerprint density at radius 2 is 1.97 bits per heavy atom. The predicted molar refractivity (Wildman–Crippen MR) is 146 cm³/mol. The molecular weight excluding hydrogens is 529 g/mol. The number of aliphatic carboxylic acids is 1. The summed E-state index contributed by atoms with van der Waals surface area (Å²) in [6.45, 7) is 3.25. The number of anilines is 1. The number of ketones is 1. The summed E-state index contributed by atoms with van der Waals surface area (Å²) in [4.78, 5) is 42.1. The summed E-state index contributed by atoms with van der Waals surface area (Å²) in [6.07, 6.45) is 9.27. The fraction of sp³-hybridized carbons (Fsp3) is 0.481. The van der Waals surface area contributed by atoms with Crippen molar-refractivity contribution in [2.24, 2.45) is 5.92 Å². The highest BCUT2D eigenvalue weighted by atomic mass is 32.2. The van der Waals surface area contributed by atoms with Crippen LogP contribution in [0.4, 0.5) is 5.13 Å². The predicted octanol–water partition coefficient (Wildman–Crippen LogP) is 5.64. The van der Waals surface area contributed by atoms with E-state index in [4.69, 9.17) is 0 Å². The first kappa shape index (κ1) is 26.3. The maximum absolute atomic E-state index is 13.6. The second-order valence-corrected chi connectivity index (χ2v) is 15.2. The summed E-state index contributed by atoms with van der Waals surface area (Å²) in [7, 11) is -1.01. The number of nitrogens with zero attached hydrogens (tertiary/aromatic N) is 1. The van der Waals surface area contributed by atoms with Crippen molar-refractivity contribution in [3.05, 3.63) is 41.6 Å². The number of benzene rings is 1. The quantitative estimate of drug-likeness (QED) is 0.287. The van der Waals surface area contributed by atoms with E-state index in [0.29, 0.717) is 33.7 Å². The first-order chi connectivity index (χ1) is 17.6. The molecule has 3 saturated carbocycles. The van der Waals surface area contributed by atoms with Crippen LogP contribution >= 0.6 is 23.1 Å². The van der Waals surface area contributed by atoms with Crippen molar-refractivity contribution in [2.45, 2.75) is 83.8 Å². The van der Waals surface area contributed by atoms with Crippen molar-refractivity contribution in [3.63, 3.8) is 0 Å². The molecule has 2 N–H and O–H groups in total. The van der Waals surface area contributed by atoms with Crippen LogP contribution in [0, 0.1) is 5.92 Å². The third-order valence-electron chi connectivity index (χ3n) is 6.89. The van der Waals surface area contributed by atoms with Gasteiger partial charge in [0, 0.05) is 28.6 Å². The van der Waals surface area contributed by atoms with E-state index in [0.717, 1.165) is 48.1 Å². The first-order valence-corrected chi connectivity index (χ1v) is 15.4. The number of amides is 1. The molecule has 1 heterocycles. The van der Waals surface area contributed by atoms with Crippen molar-refractivity contribution in [1.29, 1.82) is 0 Å².